The van der Waals surface area contributed by atoms with E-state index in [1.54, 1.807) is 6.26 Å². The van der Waals surface area contributed by atoms with E-state index in [-0.39, 0.29) is 0 Å². The first-order chi connectivity index (χ1) is 4.93. The number of ether oxygens (including phenoxy) is 1. The van der Waals surface area contributed by atoms with Gasteiger partial charge in [0.2, 0.25) is 0 Å². The topological polar surface area (TPSA) is 12.5 Å². The van der Waals surface area contributed by atoms with Gasteiger partial charge in [-0.3, -0.25) is 0 Å². The molecule has 0 aromatic rings. The van der Waals surface area contributed by atoms with Crippen molar-refractivity contribution in [1.29, 1.82) is 0 Å². The minimum Gasteiger partial charge on any atom is -0.462 e. The molecule has 3 rings (SSSR count). The summed E-state index contributed by atoms with van der Waals surface area (Å²) in [6.45, 7) is 1.08. The lowest BCUT2D eigenvalue weighted by Crippen LogP contribution is -2.17. The van der Waals surface area contributed by atoms with Crippen LogP contribution in [0.25, 0.3) is 0 Å². The molecule has 0 amide bonds. The number of hydrogen-bond donors (Lipinski definition) is 0. The van der Waals surface area contributed by atoms with Crippen LogP contribution in [0.3, 0.4) is 0 Å². The van der Waals surface area contributed by atoms with Crippen LogP contribution in [0.5, 0.6) is 0 Å². The lowest BCUT2D eigenvalue weighted by Gasteiger charge is -2.22. The van der Waals surface area contributed by atoms with E-state index in [1.165, 1.54) is 11.3 Å². The molecule has 0 radical (unpaired) electrons. The van der Waals surface area contributed by atoms with E-state index in [1.807, 2.05) is 6.20 Å². The number of nitrogens with zero attached hydrogens (tertiary/aromatic N) is 1. The van der Waals surface area contributed by atoms with Crippen LogP contribution in [-0.2, 0) is 4.74 Å². The standard InChI is InChI=1S/C8H7NO/c1-2-10-8-4-6-3-7(8)9(1)5-6/h1-2,4H,3,5H2. The molecule has 0 saturated carbocycles. The van der Waals surface area contributed by atoms with Gasteiger partial charge in [-0.1, -0.05) is 0 Å². The largest absolute Gasteiger partial charge is 0.462 e. The van der Waals surface area contributed by atoms with Crippen molar-refractivity contribution in [3.63, 3.8) is 0 Å². The number of fused-ring (bicyclic) bond motifs is 1. The maximum absolute atomic E-state index is 5.28. The predicted octanol–water partition coefficient (Wildman–Crippen LogP) is 1.35. The molecule has 2 bridgehead atoms. The van der Waals surface area contributed by atoms with Crippen molar-refractivity contribution < 1.29 is 4.74 Å². The van der Waals surface area contributed by atoms with Crippen molar-refractivity contribution in [3.8, 4) is 0 Å². The van der Waals surface area contributed by atoms with Gasteiger partial charge in [-0.25, -0.2) is 0 Å². The Bertz CT molecular complexity index is 286. The van der Waals surface area contributed by atoms with Gasteiger partial charge in [-0.15, -0.1) is 0 Å². The fourth-order valence-electron chi connectivity index (χ4n) is 1.70. The maximum Gasteiger partial charge on any atom is 0.146 e. The Morgan fingerprint density at radius 2 is 2.50 bits per heavy atom. The van der Waals surface area contributed by atoms with Crippen molar-refractivity contribution >= 4 is 0 Å². The van der Waals surface area contributed by atoms with Crippen molar-refractivity contribution in [2.75, 3.05) is 6.54 Å². The Labute approximate surface area is 59.1 Å². The second-order valence-electron chi connectivity index (χ2n) is 2.82. The highest BCUT2D eigenvalue weighted by molar-refractivity contribution is 5.43. The molecule has 0 atom stereocenters. The number of hydrogen-bond acceptors (Lipinski definition) is 2. The Kier molecular flexibility index (Phi) is 0.592. The lowest BCUT2D eigenvalue weighted by molar-refractivity contribution is 0.309. The highest BCUT2D eigenvalue weighted by Crippen LogP contribution is 2.38. The Morgan fingerprint density at radius 3 is 3.20 bits per heavy atom. The highest BCUT2D eigenvalue weighted by Gasteiger charge is 2.30. The smallest absolute Gasteiger partial charge is 0.146 e. The summed E-state index contributed by atoms with van der Waals surface area (Å²) in [4.78, 5) is 2.24. The zero-order valence-corrected chi connectivity index (χ0v) is 5.50. The molecular weight excluding hydrogens is 126 g/mol. The quantitative estimate of drug-likeness (QED) is 0.494. The normalized spacial score (nSPS) is 25.6. The van der Waals surface area contributed by atoms with Crippen LogP contribution in [-0.4, -0.2) is 11.4 Å². The third kappa shape index (κ3) is 0.375. The number of allylic oxidation sites excluding steroid dienone is 2. The van der Waals surface area contributed by atoms with Gasteiger partial charge >= 0.3 is 0 Å². The molecule has 0 N–H and O–H groups in total. The van der Waals surface area contributed by atoms with E-state index >= 15 is 0 Å². The van der Waals surface area contributed by atoms with Gasteiger partial charge in [-0.2, -0.15) is 0 Å². The van der Waals surface area contributed by atoms with Gasteiger partial charge in [0.05, 0.1) is 5.70 Å². The summed E-state index contributed by atoms with van der Waals surface area (Å²) >= 11 is 0. The summed E-state index contributed by atoms with van der Waals surface area (Å²) < 4.78 is 5.28. The van der Waals surface area contributed by atoms with Crippen LogP contribution in [0, 0.1) is 0 Å². The minimum absolute atomic E-state index is 1.06. The van der Waals surface area contributed by atoms with E-state index in [0.717, 1.165) is 18.7 Å². The molecule has 1 aliphatic carbocycles. The van der Waals surface area contributed by atoms with E-state index in [9.17, 15) is 0 Å². The highest BCUT2D eigenvalue weighted by atomic mass is 16.5. The van der Waals surface area contributed by atoms with Crippen molar-refractivity contribution in [2.45, 2.75) is 6.42 Å². The van der Waals surface area contributed by atoms with Crippen LogP contribution < -0.4 is 0 Å². The lowest BCUT2D eigenvalue weighted by atomic mass is 10.3. The Morgan fingerprint density at radius 1 is 1.50 bits per heavy atom. The summed E-state index contributed by atoms with van der Waals surface area (Å²) in [6, 6.07) is 0. The van der Waals surface area contributed by atoms with Crippen LogP contribution in [0.4, 0.5) is 0 Å². The van der Waals surface area contributed by atoms with E-state index in [4.69, 9.17) is 4.74 Å². The van der Waals surface area contributed by atoms with Crippen molar-refractivity contribution in [3.05, 3.63) is 35.6 Å². The average Bonchev–Trinajstić information content (AvgIpc) is 2.40. The number of rotatable bonds is 0. The summed E-state index contributed by atoms with van der Waals surface area (Å²) in [7, 11) is 0. The Balaban J connectivity index is 2.19. The molecule has 0 aromatic heterocycles. The summed E-state index contributed by atoms with van der Waals surface area (Å²) in [5, 5.41) is 0. The first-order valence-corrected chi connectivity index (χ1v) is 3.46. The molecule has 0 spiro atoms. The van der Waals surface area contributed by atoms with Crippen LogP contribution in [0.15, 0.2) is 35.6 Å². The first kappa shape index (κ1) is 4.61. The SMILES string of the molecule is C1=CN2CC3=CC(=C2C3)O1. The second kappa shape index (κ2) is 1.29. The molecule has 2 nitrogen and oxygen atoms in total. The molecule has 2 heterocycles. The van der Waals surface area contributed by atoms with Gasteiger partial charge in [0.1, 0.15) is 12.0 Å². The fourth-order valence-corrected chi connectivity index (χ4v) is 1.70. The molecule has 0 aromatic carbocycles. The van der Waals surface area contributed by atoms with Gasteiger partial charge in [-0.05, 0) is 11.6 Å². The molecular formula is C8H7NO. The van der Waals surface area contributed by atoms with E-state index in [0.29, 0.717) is 0 Å². The predicted molar refractivity (Wildman–Crippen MR) is 36.7 cm³/mol. The third-order valence-corrected chi connectivity index (χ3v) is 2.17. The molecule has 2 aliphatic heterocycles. The van der Waals surface area contributed by atoms with Crippen LogP contribution in [0.1, 0.15) is 6.42 Å². The Hall–Kier alpha value is -1.18. The first-order valence-electron chi connectivity index (χ1n) is 3.46. The summed E-state index contributed by atoms with van der Waals surface area (Å²) in [5.41, 5.74) is 2.83. The molecule has 1 saturated heterocycles. The third-order valence-electron chi connectivity index (χ3n) is 2.17. The molecule has 3 aliphatic rings. The van der Waals surface area contributed by atoms with Gasteiger partial charge in [0.25, 0.3) is 0 Å². The van der Waals surface area contributed by atoms with Gasteiger partial charge in [0, 0.05) is 19.2 Å². The van der Waals surface area contributed by atoms with E-state index < -0.39 is 0 Å². The molecule has 50 valence electrons. The van der Waals surface area contributed by atoms with Gasteiger partial charge in [0.15, 0.2) is 0 Å². The second-order valence-corrected chi connectivity index (χ2v) is 2.82. The molecule has 2 heteroatoms. The van der Waals surface area contributed by atoms with Gasteiger partial charge < -0.3 is 9.64 Å². The minimum atomic E-state index is 1.06. The maximum atomic E-state index is 5.28. The fraction of sp³-hybridized carbons (Fsp3) is 0.250. The van der Waals surface area contributed by atoms with Crippen LogP contribution >= 0.6 is 0 Å². The van der Waals surface area contributed by atoms with Crippen molar-refractivity contribution in [2.24, 2.45) is 0 Å². The zero-order chi connectivity index (χ0) is 6.55. The van der Waals surface area contributed by atoms with E-state index in [2.05, 4.69) is 11.0 Å². The molecule has 0 unspecified atom stereocenters. The molecule has 10 heavy (non-hydrogen) atoms. The summed E-state index contributed by atoms with van der Waals surface area (Å²) in [6.07, 6.45) is 7.01. The average molecular weight is 133 g/mol. The molecule has 1 fully saturated rings. The van der Waals surface area contributed by atoms with Crippen LogP contribution in [0.2, 0.25) is 0 Å². The zero-order valence-electron chi connectivity index (χ0n) is 5.50. The summed E-state index contributed by atoms with van der Waals surface area (Å²) in [5.74, 6) is 1.06. The van der Waals surface area contributed by atoms with Crippen molar-refractivity contribution in [1.82, 2.24) is 4.90 Å². The monoisotopic (exact) mass is 133 g/mol.